The number of amides is 2. The van der Waals surface area contributed by atoms with Gasteiger partial charge in [0.2, 0.25) is 5.88 Å². The lowest BCUT2D eigenvalue weighted by Crippen LogP contribution is -2.21. The zero-order valence-corrected chi connectivity index (χ0v) is 22.3. The predicted octanol–water partition coefficient (Wildman–Crippen LogP) is 5.46. The number of aliphatic hydroxyl groups excluding tert-OH is 1. The van der Waals surface area contributed by atoms with E-state index in [4.69, 9.17) is 4.42 Å². The fourth-order valence-electron chi connectivity index (χ4n) is 4.59. The van der Waals surface area contributed by atoms with Crippen LogP contribution < -0.4 is 21.5 Å². The molecule has 200 valence electrons. The number of nitrogens with zero attached hydrogens (tertiary/aromatic N) is 1. The molecule has 4 aromatic rings. The highest BCUT2D eigenvalue weighted by molar-refractivity contribution is 6.00. The molecule has 4 rings (SSSR count). The van der Waals surface area contributed by atoms with Gasteiger partial charge in [0, 0.05) is 53.9 Å². The van der Waals surface area contributed by atoms with Crippen LogP contribution in [-0.2, 0) is 11.8 Å². The summed E-state index contributed by atoms with van der Waals surface area (Å²) in [4.78, 5) is 33.2. The molecule has 0 fully saturated rings. The summed E-state index contributed by atoms with van der Waals surface area (Å²) >= 11 is 0. The molecule has 0 bridgehead atoms. The van der Waals surface area contributed by atoms with Gasteiger partial charge in [-0.3, -0.25) is 10.1 Å². The molecule has 0 aliphatic heterocycles. The van der Waals surface area contributed by atoms with Gasteiger partial charge in [-0.15, -0.1) is 0 Å². The van der Waals surface area contributed by atoms with Crippen molar-refractivity contribution in [3.8, 4) is 11.1 Å². The lowest BCUT2D eigenvalue weighted by molar-refractivity contribution is 0.261. The number of fused-ring (bicyclic) bond motifs is 1. The predicted molar refractivity (Wildman–Crippen MR) is 148 cm³/mol. The molecule has 10 heteroatoms. The van der Waals surface area contributed by atoms with E-state index < -0.39 is 17.4 Å². The molecule has 0 aliphatic carbocycles. The van der Waals surface area contributed by atoms with Gasteiger partial charge in [-0.05, 0) is 48.6 Å². The van der Waals surface area contributed by atoms with E-state index in [1.54, 1.807) is 32.5 Å². The van der Waals surface area contributed by atoms with Crippen LogP contribution in [0.15, 0.2) is 39.9 Å². The summed E-state index contributed by atoms with van der Waals surface area (Å²) in [6.07, 6.45) is 3.52. The Bertz CT molecular complexity index is 1580. The van der Waals surface area contributed by atoms with E-state index in [1.165, 1.54) is 12.1 Å². The summed E-state index contributed by atoms with van der Waals surface area (Å²) in [6, 6.07) is 3.69. The van der Waals surface area contributed by atoms with Gasteiger partial charge < -0.3 is 25.1 Å². The Morgan fingerprint density at radius 3 is 2.53 bits per heavy atom. The number of hydrogen-bond acceptors (Lipinski definition) is 6. The van der Waals surface area contributed by atoms with Crippen LogP contribution in [0.25, 0.3) is 22.0 Å². The van der Waals surface area contributed by atoms with Crippen molar-refractivity contribution >= 4 is 34.3 Å². The molecule has 5 N–H and O–H groups in total. The Kier molecular flexibility index (Phi) is 7.28. The van der Waals surface area contributed by atoms with Crippen molar-refractivity contribution in [3.05, 3.63) is 69.1 Å². The molecule has 2 amide bonds. The number of nitrogens with one attached hydrogen (secondary N) is 4. The molecule has 0 atom stereocenters. The molecule has 0 unspecified atom stereocenters. The van der Waals surface area contributed by atoms with E-state index in [-0.39, 0.29) is 23.6 Å². The van der Waals surface area contributed by atoms with Crippen LogP contribution in [0.4, 0.5) is 26.6 Å². The molecule has 38 heavy (non-hydrogen) atoms. The summed E-state index contributed by atoms with van der Waals surface area (Å²) in [5.74, 6) is 0.195. The van der Waals surface area contributed by atoms with E-state index >= 15 is 0 Å². The maximum Gasteiger partial charge on any atom is 0.326 e. The first-order valence-electron chi connectivity index (χ1n) is 12.2. The molecule has 3 heterocycles. The molecular formula is C28H32FN5O4. The van der Waals surface area contributed by atoms with Gasteiger partial charge in [-0.25, -0.2) is 14.2 Å². The fourth-order valence-corrected chi connectivity index (χ4v) is 4.59. The number of pyridine rings is 2. The van der Waals surface area contributed by atoms with Crippen LogP contribution in [0.5, 0.6) is 0 Å². The number of aliphatic hydroxyl groups is 1. The van der Waals surface area contributed by atoms with Crippen LogP contribution in [0, 0.1) is 19.7 Å². The number of carbonyl (C=O) groups excluding carboxylic acids is 1. The third-order valence-electron chi connectivity index (χ3n) is 6.52. The molecule has 1 aromatic carbocycles. The van der Waals surface area contributed by atoms with E-state index in [9.17, 15) is 19.1 Å². The monoisotopic (exact) mass is 521 g/mol. The second-order valence-electron chi connectivity index (χ2n) is 10.2. The summed E-state index contributed by atoms with van der Waals surface area (Å²) in [6.45, 7) is 9.53. The standard InChI is InChI=1S/C28H32FN5O4/c1-14-9-21(29)22(32-27(37)34-26-15(2)20(13-38-26)28(3,4)5)11-18(14)19-10-16-12-31-24(30-6)17(7-8-35)23(16)33-25(19)36/h9-13,35H,7-8H2,1-6H3,(H,30,31)(H,33,36)(H2,32,34,37). The number of urea groups is 1. The largest absolute Gasteiger partial charge is 0.448 e. The molecule has 0 aliphatic rings. The van der Waals surface area contributed by atoms with Crippen LogP contribution >= 0.6 is 0 Å². The second kappa shape index (κ2) is 10.3. The Morgan fingerprint density at radius 2 is 1.89 bits per heavy atom. The van der Waals surface area contributed by atoms with Crippen LogP contribution in [0.1, 0.15) is 43.0 Å². The Labute approximate surface area is 219 Å². The average Bonchev–Trinajstić information content (AvgIpc) is 3.21. The third-order valence-corrected chi connectivity index (χ3v) is 6.52. The first kappa shape index (κ1) is 26.9. The van der Waals surface area contributed by atoms with Crippen LogP contribution in [0.3, 0.4) is 0 Å². The van der Waals surface area contributed by atoms with Crippen molar-refractivity contribution in [1.29, 1.82) is 0 Å². The van der Waals surface area contributed by atoms with Crippen molar-refractivity contribution in [3.63, 3.8) is 0 Å². The van der Waals surface area contributed by atoms with Gasteiger partial charge in [0.25, 0.3) is 5.56 Å². The number of halogens is 1. The normalized spacial score (nSPS) is 11.6. The molecule has 0 saturated heterocycles. The SMILES string of the molecule is CNc1ncc2cc(-c3cc(NC(=O)Nc4occ(C(C)(C)C)c4C)c(F)cc3C)c(=O)[nH]c2c1CCO. The highest BCUT2D eigenvalue weighted by Crippen LogP contribution is 2.33. The number of aryl methyl sites for hydroxylation is 1. The minimum Gasteiger partial charge on any atom is -0.448 e. The maximum atomic E-state index is 14.9. The zero-order chi connectivity index (χ0) is 27.8. The Balaban J connectivity index is 1.69. The van der Waals surface area contributed by atoms with E-state index in [2.05, 4.69) is 25.9 Å². The van der Waals surface area contributed by atoms with Gasteiger partial charge >= 0.3 is 6.03 Å². The van der Waals surface area contributed by atoms with Gasteiger partial charge in [-0.1, -0.05) is 20.8 Å². The molecule has 0 saturated carbocycles. The topological polar surface area (TPSA) is 132 Å². The first-order valence-corrected chi connectivity index (χ1v) is 12.2. The smallest absolute Gasteiger partial charge is 0.326 e. The number of carbonyl (C=O) groups is 1. The summed E-state index contributed by atoms with van der Waals surface area (Å²) in [5.41, 5.74) is 3.61. The summed E-state index contributed by atoms with van der Waals surface area (Å²) in [7, 11) is 1.71. The van der Waals surface area contributed by atoms with Crippen molar-refractivity contribution in [2.75, 3.05) is 29.6 Å². The summed E-state index contributed by atoms with van der Waals surface area (Å²) < 4.78 is 20.4. The van der Waals surface area contributed by atoms with E-state index in [0.717, 1.165) is 11.1 Å². The van der Waals surface area contributed by atoms with Crippen LogP contribution in [0.2, 0.25) is 0 Å². The number of benzene rings is 1. The first-order chi connectivity index (χ1) is 17.9. The third kappa shape index (κ3) is 5.12. The number of anilines is 3. The minimum atomic E-state index is -0.679. The molecule has 0 radical (unpaired) electrons. The molecule has 9 nitrogen and oxygen atoms in total. The second-order valence-corrected chi connectivity index (χ2v) is 10.2. The number of hydrogen-bond donors (Lipinski definition) is 5. The van der Waals surface area contributed by atoms with Crippen molar-refractivity contribution in [1.82, 2.24) is 9.97 Å². The van der Waals surface area contributed by atoms with Gasteiger partial charge in [0.1, 0.15) is 11.6 Å². The van der Waals surface area contributed by atoms with Crippen molar-refractivity contribution in [2.45, 2.75) is 46.5 Å². The van der Waals surface area contributed by atoms with Crippen molar-refractivity contribution < 1.29 is 18.7 Å². The van der Waals surface area contributed by atoms with Crippen LogP contribution in [-0.4, -0.2) is 34.8 Å². The highest BCUT2D eigenvalue weighted by Gasteiger charge is 2.23. The highest BCUT2D eigenvalue weighted by atomic mass is 19.1. The number of aromatic nitrogens is 2. The van der Waals surface area contributed by atoms with Gasteiger partial charge in [-0.2, -0.15) is 0 Å². The number of H-pyrrole nitrogens is 1. The Morgan fingerprint density at radius 1 is 1.16 bits per heavy atom. The number of furan rings is 1. The van der Waals surface area contributed by atoms with Gasteiger partial charge in [0.15, 0.2) is 0 Å². The number of rotatable bonds is 6. The quantitative estimate of drug-likeness (QED) is 0.229. The van der Waals surface area contributed by atoms with E-state index in [0.29, 0.717) is 45.4 Å². The fraction of sp³-hybridized carbons (Fsp3) is 0.321. The lowest BCUT2D eigenvalue weighted by atomic mass is 9.86. The zero-order valence-electron chi connectivity index (χ0n) is 22.3. The molecular weight excluding hydrogens is 489 g/mol. The van der Waals surface area contributed by atoms with Crippen molar-refractivity contribution in [2.24, 2.45) is 0 Å². The average molecular weight is 522 g/mol. The minimum absolute atomic E-state index is 0.0903. The molecule has 3 aromatic heterocycles. The van der Waals surface area contributed by atoms with Gasteiger partial charge in [0.05, 0.1) is 17.5 Å². The van der Waals surface area contributed by atoms with E-state index in [1.807, 2.05) is 27.7 Å². The Hall–Kier alpha value is -4.18. The maximum absolute atomic E-state index is 14.9. The molecule has 0 spiro atoms. The summed E-state index contributed by atoms with van der Waals surface area (Å²) in [5, 5.41) is 18.3. The lowest BCUT2D eigenvalue weighted by Gasteiger charge is -2.17. The number of aromatic amines is 1.